The molecule has 3 aromatic rings. The summed E-state index contributed by atoms with van der Waals surface area (Å²) in [5, 5.41) is 12.8. The molecular formula is C22H24N2O2. The standard InChI is InChI=1S/C22H24N2O2/c1-17(21-9-5-8-20(12-21)15-25)24-14-19-10-11-23-22(13-19)26-16-18-6-3-2-4-7-18/h2-13,17,24-25H,14-16H2,1H3. The molecule has 0 amide bonds. The third-order valence-electron chi connectivity index (χ3n) is 4.27. The predicted octanol–water partition coefficient (Wildman–Crippen LogP) is 4.00. The van der Waals surface area contributed by atoms with E-state index in [4.69, 9.17) is 4.74 Å². The first-order valence-corrected chi connectivity index (χ1v) is 8.79. The number of benzene rings is 2. The van der Waals surface area contributed by atoms with Crippen LogP contribution in [-0.4, -0.2) is 10.1 Å². The van der Waals surface area contributed by atoms with Crippen molar-refractivity contribution in [3.05, 3.63) is 95.2 Å². The van der Waals surface area contributed by atoms with Crippen LogP contribution in [-0.2, 0) is 19.8 Å². The molecule has 0 aliphatic heterocycles. The number of nitrogens with zero attached hydrogens (tertiary/aromatic N) is 1. The van der Waals surface area contributed by atoms with Crippen LogP contribution in [0.1, 0.15) is 35.2 Å². The van der Waals surface area contributed by atoms with Crippen LogP contribution in [0.3, 0.4) is 0 Å². The summed E-state index contributed by atoms with van der Waals surface area (Å²) in [6.07, 6.45) is 1.77. The SMILES string of the molecule is CC(NCc1ccnc(OCc2ccccc2)c1)c1cccc(CO)c1. The number of nitrogens with one attached hydrogen (secondary N) is 1. The van der Waals surface area contributed by atoms with Crippen molar-refractivity contribution < 1.29 is 9.84 Å². The molecule has 1 aromatic heterocycles. The smallest absolute Gasteiger partial charge is 0.213 e. The highest BCUT2D eigenvalue weighted by molar-refractivity contribution is 5.26. The number of aliphatic hydroxyl groups excluding tert-OH is 1. The van der Waals surface area contributed by atoms with Gasteiger partial charge in [0.05, 0.1) is 6.61 Å². The maximum absolute atomic E-state index is 9.27. The van der Waals surface area contributed by atoms with E-state index in [-0.39, 0.29) is 12.6 Å². The maximum atomic E-state index is 9.27. The zero-order valence-corrected chi connectivity index (χ0v) is 14.9. The van der Waals surface area contributed by atoms with Crippen LogP contribution in [0.5, 0.6) is 5.88 Å². The van der Waals surface area contributed by atoms with Gasteiger partial charge in [-0.25, -0.2) is 4.98 Å². The number of ether oxygens (including phenoxy) is 1. The van der Waals surface area contributed by atoms with Gasteiger partial charge in [0.15, 0.2) is 0 Å². The second kappa shape index (κ2) is 9.13. The van der Waals surface area contributed by atoms with Crippen LogP contribution in [0, 0.1) is 0 Å². The first kappa shape index (κ1) is 18.1. The van der Waals surface area contributed by atoms with Crippen molar-refractivity contribution in [3.63, 3.8) is 0 Å². The summed E-state index contributed by atoms with van der Waals surface area (Å²) in [5.41, 5.74) is 4.33. The van der Waals surface area contributed by atoms with E-state index in [0.29, 0.717) is 12.5 Å². The molecule has 0 bridgehead atoms. The number of hydrogen-bond donors (Lipinski definition) is 2. The average Bonchev–Trinajstić information content (AvgIpc) is 2.71. The number of rotatable bonds is 8. The summed E-state index contributed by atoms with van der Waals surface area (Å²) in [4.78, 5) is 4.28. The highest BCUT2D eigenvalue weighted by Crippen LogP contribution is 2.16. The molecule has 134 valence electrons. The largest absolute Gasteiger partial charge is 0.473 e. The zero-order chi connectivity index (χ0) is 18.2. The summed E-state index contributed by atoms with van der Waals surface area (Å²) in [5.74, 6) is 0.628. The van der Waals surface area contributed by atoms with E-state index in [0.717, 1.165) is 28.8 Å². The Balaban J connectivity index is 1.56. The van der Waals surface area contributed by atoms with Gasteiger partial charge in [-0.1, -0.05) is 54.6 Å². The van der Waals surface area contributed by atoms with Crippen LogP contribution >= 0.6 is 0 Å². The van der Waals surface area contributed by atoms with Gasteiger partial charge in [-0.15, -0.1) is 0 Å². The van der Waals surface area contributed by atoms with Gasteiger partial charge >= 0.3 is 0 Å². The van der Waals surface area contributed by atoms with Crippen molar-refractivity contribution >= 4 is 0 Å². The Kier molecular flexibility index (Phi) is 6.36. The first-order valence-electron chi connectivity index (χ1n) is 8.79. The van der Waals surface area contributed by atoms with Gasteiger partial charge in [0.1, 0.15) is 6.61 Å². The van der Waals surface area contributed by atoms with Crippen LogP contribution in [0.15, 0.2) is 72.9 Å². The average molecular weight is 348 g/mol. The summed E-state index contributed by atoms with van der Waals surface area (Å²) in [6.45, 7) is 3.40. The van der Waals surface area contributed by atoms with Gasteiger partial charge in [-0.2, -0.15) is 0 Å². The van der Waals surface area contributed by atoms with Crippen molar-refractivity contribution in [1.82, 2.24) is 10.3 Å². The molecule has 4 nitrogen and oxygen atoms in total. The minimum atomic E-state index is 0.0625. The normalized spacial score (nSPS) is 11.9. The highest BCUT2D eigenvalue weighted by atomic mass is 16.5. The Morgan fingerprint density at radius 2 is 1.77 bits per heavy atom. The van der Waals surface area contributed by atoms with Crippen LogP contribution in [0.25, 0.3) is 0 Å². The molecule has 0 aliphatic carbocycles. The maximum Gasteiger partial charge on any atom is 0.213 e. The molecule has 1 atom stereocenters. The Hall–Kier alpha value is -2.69. The summed E-state index contributed by atoms with van der Waals surface area (Å²) < 4.78 is 5.79. The van der Waals surface area contributed by atoms with Crippen molar-refractivity contribution in [2.75, 3.05) is 0 Å². The van der Waals surface area contributed by atoms with Crippen LogP contribution in [0.2, 0.25) is 0 Å². The van der Waals surface area contributed by atoms with E-state index < -0.39 is 0 Å². The summed E-state index contributed by atoms with van der Waals surface area (Å²) in [7, 11) is 0. The second-order valence-electron chi connectivity index (χ2n) is 6.28. The molecule has 0 radical (unpaired) electrons. The number of aromatic nitrogens is 1. The lowest BCUT2D eigenvalue weighted by Crippen LogP contribution is -2.18. The third kappa shape index (κ3) is 5.15. The Bertz CT molecular complexity index is 821. The molecule has 2 aromatic carbocycles. The van der Waals surface area contributed by atoms with E-state index in [9.17, 15) is 5.11 Å². The van der Waals surface area contributed by atoms with E-state index >= 15 is 0 Å². The van der Waals surface area contributed by atoms with E-state index in [1.807, 2.05) is 60.7 Å². The van der Waals surface area contributed by atoms with Gasteiger partial charge in [0.2, 0.25) is 5.88 Å². The predicted molar refractivity (Wildman–Crippen MR) is 103 cm³/mol. The number of aliphatic hydroxyl groups is 1. The Morgan fingerprint density at radius 1 is 0.962 bits per heavy atom. The van der Waals surface area contributed by atoms with Gasteiger partial charge in [-0.05, 0) is 35.2 Å². The van der Waals surface area contributed by atoms with Crippen molar-refractivity contribution in [2.24, 2.45) is 0 Å². The molecule has 4 heteroatoms. The molecule has 3 rings (SSSR count). The summed E-state index contributed by atoms with van der Waals surface area (Å²) in [6, 6.07) is 22.2. The van der Waals surface area contributed by atoms with Crippen molar-refractivity contribution in [1.29, 1.82) is 0 Å². The van der Waals surface area contributed by atoms with Crippen LogP contribution in [0.4, 0.5) is 0 Å². The van der Waals surface area contributed by atoms with Gasteiger partial charge in [0, 0.05) is 24.8 Å². The molecule has 0 saturated heterocycles. The molecule has 2 N–H and O–H groups in total. The molecule has 1 heterocycles. The van der Waals surface area contributed by atoms with Crippen LogP contribution < -0.4 is 10.1 Å². The summed E-state index contributed by atoms with van der Waals surface area (Å²) >= 11 is 0. The molecule has 0 fully saturated rings. The monoisotopic (exact) mass is 348 g/mol. The fraction of sp³-hybridized carbons (Fsp3) is 0.227. The fourth-order valence-electron chi connectivity index (χ4n) is 2.72. The number of hydrogen-bond acceptors (Lipinski definition) is 4. The van der Waals surface area contributed by atoms with Gasteiger partial charge in [0.25, 0.3) is 0 Å². The van der Waals surface area contributed by atoms with Crippen molar-refractivity contribution in [3.8, 4) is 5.88 Å². The molecule has 0 spiro atoms. The van der Waals surface area contributed by atoms with Gasteiger partial charge in [-0.3, -0.25) is 0 Å². The third-order valence-corrected chi connectivity index (χ3v) is 4.27. The minimum absolute atomic E-state index is 0.0625. The van der Waals surface area contributed by atoms with E-state index in [2.05, 4.69) is 23.3 Å². The topological polar surface area (TPSA) is 54.4 Å². The van der Waals surface area contributed by atoms with E-state index in [1.165, 1.54) is 0 Å². The molecular weight excluding hydrogens is 324 g/mol. The Labute approximate surface area is 154 Å². The molecule has 26 heavy (non-hydrogen) atoms. The fourth-order valence-corrected chi connectivity index (χ4v) is 2.72. The quantitative estimate of drug-likeness (QED) is 0.646. The lowest BCUT2D eigenvalue weighted by molar-refractivity contribution is 0.281. The lowest BCUT2D eigenvalue weighted by Gasteiger charge is -2.15. The first-order chi connectivity index (χ1) is 12.7. The highest BCUT2D eigenvalue weighted by Gasteiger charge is 2.06. The molecule has 1 unspecified atom stereocenters. The molecule has 0 aliphatic rings. The second-order valence-corrected chi connectivity index (χ2v) is 6.28. The van der Waals surface area contributed by atoms with Crippen molar-refractivity contribution in [2.45, 2.75) is 32.7 Å². The van der Waals surface area contributed by atoms with E-state index in [1.54, 1.807) is 6.20 Å². The van der Waals surface area contributed by atoms with Gasteiger partial charge < -0.3 is 15.2 Å². The lowest BCUT2D eigenvalue weighted by atomic mass is 10.1. The zero-order valence-electron chi connectivity index (χ0n) is 14.9. The number of pyridine rings is 1. The Morgan fingerprint density at radius 3 is 2.58 bits per heavy atom. The minimum Gasteiger partial charge on any atom is -0.473 e. The molecule has 0 saturated carbocycles.